The van der Waals surface area contributed by atoms with E-state index in [1.165, 1.54) is 12.1 Å². The summed E-state index contributed by atoms with van der Waals surface area (Å²) in [6, 6.07) is 3.19. The van der Waals surface area contributed by atoms with Crippen molar-refractivity contribution in [1.82, 2.24) is 0 Å². The highest BCUT2D eigenvalue weighted by Crippen LogP contribution is 2.39. The molecule has 2 aliphatic rings. The number of hydrogen-bond acceptors (Lipinski definition) is 3. The highest BCUT2D eigenvalue weighted by atomic mass is 19.1. The first-order chi connectivity index (χ1) is 11.5. The fourth-order valence-corrected chi connectivity index (χ4v) is 3.22. The second-order valence-corrected chi connectivity index (χ2v) is 6.08. The lowest BCUT2D eigenvalue weighted by atomic mass is 9.90. The van der Waals surface area contributed by atoms with Crippen molar-refractivity contribution >= 4 is 17.3 Å². The zero-order chi connectivity index (χ0) is 17.3. The molecule has 0 atom stereocenters. The molecule has 0 saturated heterocycles. The number of allylic oxidation sites excluding steroid dienone is 1. The molecule has 0 unspecified atom stereocenters. The summed E-state index contributed by atoms with van der Waals surface area (Å²) >= 11 is 0. The van der Waals surface area contributed by atoms with E-state index in [0.717, 1.165) is 24.0 Å². The number of carboxylic acids is 1. The van der Waals surface area contributed by atoms with Gasteiger partial charge in [-0.05, 0) is 54.5 Å². The highest BCUT2D eigenvalue weighted by molar-refractivity contribution is 6.17. The number of hydrogen-bond donors (Lipinski definition) is 1. The van der Waals surface area contributed by atoms with Gasteiger partial charge in [-0.25, -0.2) is 9.18 Å². The van der Waals surface area contributed by atoms with Crippen molar-refractivity contribution in [2.24, 2.45) is 0 Å². The van der Waals surface area contributed by atoms with Crippen LogP contribution in [0.2, 0.25) is 0 Å². The van der Waals surface area contributed by atoms with Crippen molar-refractivity contribution in [2.45, 2.75) is 39.0 Å². The third-order valence-corrected chi connectivity index (χ3v) is 4.56. The zero-order valence-corrected chi connectivity index (χ0v) is 13.5. The number of aryl methyl sites for hydroxylation is 1. The lowest BCUT2D eigenvalue weighted by Gasteiger charge is -2.24. The van der Waals surface area contributed by atoms with Gasteiger partial charge in [-0.1, -0.05) is 6.92 Å². The summed E-state index contributed by atoms with van der Waals surface area (Å²) in [4.78, 5) is 23.5. The number of Topliss-reactive ketones (excluding diaryl/α,β-unsaturated/α-hetero) is 1. The summed E-state index contributed by atoms with van der Waals surface area (Å²) in [7, 11) is 0. The molecule has 0 bridgehead atoms. The van der Waals surface area contributed by atoms with Gasteiger partial charge in [0.05, 0.1) is 0 Å². The summed E-state index contributed by atoms with van der Waals surface area (Å²) in [6.45, 7) is 2.03. The van der Waals surface area contributed by atoms with Crippen molar-refractivity contribution in [3.63, 3.8) is 0 Å². The smallest absolute Gasteiger partial charge is 0.339 e. The Hall–Kier alpha value is -2.43. The molecule has 1 aliphatic carbocycles. The second-order valence-electron chi connectivity index (χ2n) is 6.08. The number of rotatable bonds is 2. The Bertz CT molecular complexity index is 774. The minimum atomic E-state index is -1.21. The van der Waals surface area contributed by atoms with Crippen LogP contribution in [0.4, 0.5) is 4.39 Å². The largest absolute Gasteiger partial charge is 0.488 e. The fourth-order valence-electron chi connectivity index (χ4n) is 3.22. The SMILES string of the molecule is CCc1cc2c(cc1F)OCC1=C2CCCCC(=O)/C(C(=O)O)=C\1. The predicted octanol–water partition coefficient (Wildman–Crippen LogP) is 3.69. The van der Waals surface area contributed by atoms with Gasteiger partial charge in [0.15, 0.2) is 5.78 Å². The van der Waals surface area contributed by atoms with E-state index < -0.39 is 5.97 Å². The van der Waals surface area contributed by atoms with Crippen molar-refractivity contribution in [2.75, 3.05) is 6.61 Å². The van der Waals surface area contributed by atoms with Crippen LogP contribution in [0, 0.1) is 5.82 Å². The second kappa shape index (κ2) is 6.59. The van der Waals surface area contributed by atoms with Crippen molar-refractivity contribution in [3.8, 4) is 5.75 Å². The van der Waals surface area contributed by atoms with E-state index in [4.69, 9.17) is 4.74 Å². The lowest BCUT2D eigenvalue weighted by Crippen LogP contribution is -2.15. The van der Waals surface area contributed by atoms with E-state index in [2.05, 4.69) is 0 Å². The van der Waals surface area contributed by atoms with Crippen LogP contribution >= 0.6 is 0 Å². The number of carboxylic acid groups (broad SMARTS) is 1. The van der Waals surface area contributed by atoms with Gasteiger partial charge in [-0.2, -0.15) is 0 Å². The monoisotopic (exact) mass is 330 g/mol. The van der Waals surface area contributed by atoms with Crippen LogP contribution < -0.4 is 4.74 Å². The van der Waals surface area contributed by atoms with Gasteiger partial charge >= 0.3 is 5.97 Å². The van der Waals surface area contributed by atoms with Crippen LogP contribution in [-0.2, 0) is 16.0 Å². The van der Waals surface area contributed by atoms with E-state index in [1.54, 1.807) is 6.07 Å². The number of carbonyl (C=O) groups is 2. The van der Waals surface area contributed by atoms with Crippen molar-refractivity contribution in [3.05, 3.63) is 46.3 Å². The van der Waals surface area contributed by atoms with Crippen LogP contribution in [0.15, 0.2) is 29.4 Å². The molecule has 3 rings (SSSR count). The van der Waals surface area contributed by atoms with Crippen LogP contribution in [0.5, 0.6) is 5.75 Å². The van der Waals surface area contributed by atoms with Crippen LogP contribution in [-0.4, -0.2) is 23.5 Å². The maximum atomic E-state index is 14.0. The van der Waals surface area contributed by atoms with Crippen molar-refractivity contribution in [1.29, 1.82) is 0 Å². The molecule has 0 aromatic heterocycles. The number of benzene rings is 1. The first-order valence-electron chi connectivity index (χ1n) is 8.17. The third-order valence-electron chi connectivity index (χ3n) is 4.56. The number of fused-ring (bicyclic) bond motifs is 2. The number of halogens is 1. The molecule has 5 heteroatoms. The van der Waals surface area contributed by atoms with Gasteiger partial charge < -0.3 is 9.84 Å². The number of carbonyl (C=O) groups excluding carboxylic acids is 1. The molecule has 0 saturated carbocycles. The maximum absolute atomic E-state index is 14.0. The summed E-state index contributed by atoms with van der Waals surface area (Å²) < 4.78 is 19.6. The van der Waals surface area contributed by atoms with Crippen LogP contribution in [0.25, 0.3) is 5.57 Å². The first kappa shape index (κ1) is 16.4. The summed E-state index contributed by atoms with van der Waals surface area (Å²) in [5.74, 6) is -1.37. The molecule has 0 radical (unpaired) electrons. The van der Waals surface area contributed by atoms with E-state index in [1.807, 2.05) is 6.92 Å². The van der Waals surface area contributed by atoms with Gasteiger partial charge in [-0.15, -0.1) is 0 Å². The standard InChI is InChI=1S/C19H19FO4/c1-2-11-7-14-13-5-3-4-6-17(21)15(19(22)23)8-12(13)10-24-18(14)9-16(11)20/h7-9H,2-6,10H2,1H3,(H,22,23)/b15-8+. The quantitative estimate of drug-likeness (QED) is 0.840. The average molecular weight is 330 g/mol. The lowest BCUT2D eigenvalue weighted by molar-refractivity contribution is -0.134. The molecular weight excluding hydrogens is 311 g/mol. The number of ketones is 1. The predicted molar refractivity (Wildman–Crippen MR) is 87.4 cm³/mol. The van der Waals surface area contributed by atoms with E-state index in [-0.39, 0.29) is 30.2 Å². The molecule has 0 spiro atoms. The normalized spacial score (nSPS) is 19.9. The van der Waals surface area contributed by atoms with E-state index >= 15 is 0 Å². The Kier molecular flexibility index (Phi) is 4.51. The van der Waals surface area contributed by atoms with Gasteiger partial charge in [0.1, 0.15) is 23.7 Å². The molecule has 1 aromatic carbocycles. The fraction of sp³-hybridized carbons (Fsp3) is 0.368. The van der Waals surface area contributed by atoms with Crippen LogP contribution in [0.3, 0.4) is 0 Å². The van der Waals surface area contributed by atoms with Gasteiger partial charge in [-0.3, -0.25) is 4.79 Å². The Morgan fingerprint density at radius 1 is 1.29 bits per heavy atom. The zero-order valence-electron chi connectivity index (χ0n) is 13.5. The first-order valence-corrected chi connectivity index (χ1v) is 8.17. The highest BCUT2D eigenvalue weighted by Gasteiger charge is 2.25. The molecule has 126 valence electrons. The summed E-state index contributed by atoms with van der Waals surface area (Å²) in [6.07, 6.45) is 4.37. The maximum Gasteiger partial charge on any atom is 0.339 e. The minimum Gasteiger partial charge on any atom is -0.488 e. The molecule has 1 aliphatic heterocycles. The Labute approximate surface area is 139 Å². The topological polar surface area (TPSA) is 63.6 Å². The van der Waals surface area contributed by atoms with E-state index in [9.17, 15) is 19.1 Å². The van der Waals surface area contributed by atoms with E-state index in [0.29, 0.717) is 29.7 Å². The van der Waals surface area contributed by atoms with Gasteiger partial charge in [0.2, 0.25) is 0 Å². The molecule has 1 aromatic rings. The number of aliphatic carboxylic acids is 1. The van der Waals surface area contributed by atoms with Crippen molar-refractivity contribution < 1.29 is 23.8 Å². The minimum absolute atomic E-state index is 0.150. The Morgan fingerprint density at radius 3 is 2.75 bits per heavy atom. The molecule has 0 fully saturated rings. The molecule has 4 nitrogen and oxygen atoms in total. The molecular formula is C19H19FO4. The Morgan fingerprint density at radius 2 is 2.04 bits per heavy atom. The average Bonchev–Trinajstić information content (AvgIpc) is 2.63. The molecule has 1 N–H and O–H groups in total. The Balaban J connectivity index is 2.17. The number of ether oxygens (including phenoxy) is 1. The van der Waals surface area contributed by atoms with Gasteiger partial charge in [0.25, 0.3) is 0 Å². The molecule has 1 heterocycles. The summed E-state index contributed by atoms with van der Waals surface area (Å²) in [5.41, 5.74) is 2.87. The summed E-state index contributed by atoms with van der Waals surface area (Å²) in [5, 5.41) is 9.32. The third kappa shape index (κ3) is 2.98. The van der Waals surface area contributed by atoms with Crippen LogP contribution in [0.1, 0.15) is 43.7 Å². The molecule has 24 heavy (non-hydrogen) atoms. The molecule has 0 amide bonds. The van der Waals surface area contributed by atoms with Gasteiger partial charge in [0, 0.05) is 18.1 Å².